The Balaban J connectivity index is 2.09. The van der Waals surface area contributed by atoms with E-state index in [2.05, 4.69) is 0 Å². The average molecular weight is 304 g/mol. The molecular weight excluding hydrogens is 292 g/mol. The van der Waals surface area contributed by atoms with Crippen LogP contribution in [0.2, 0.25) is 5.02 Å². The second kappa shape index (κ2) is 7.45. The minimum atomic E-state index is -1.22. The van der Waals surface area contributed by atoms with E-state index in [-0.39, 0.29) is 6.61 Å². The van der Waals surface area contributed by atoms with Crippen LogP contribution in [0.4, 0.5) is 0 Å². The highest BCUT2D eigenvalue weighted by Gasteiger charge is 2.26. The smallest absolute Gasteiger partial charge is 0.418 e. The van der Waals surface area contributed by atoms with Crippen molar-refractivity contribution in [2.45, 2.75) is 12.7 Å². The predicted octanol–water partition coefficient (Wildman–Crippen LogP) is 3.21. The van der Waals surface area contributed by atoms with Gasteiger partial charge in [0.25, 0.3) is 0 Å². The minimum Gasteiger partial charge on any atom is -0.458 e. The van der Waals surface area contributed by atoms with Gasteiger partial charge >= 0.3 is 12.4 Å². The summed E-state index contributed by atoms with van der Waals surface area (Å²) in [6, 6.07) is 15.8. The lowest BCUT2D eigenvalue weighted by atomic mass is 10.1. The molecular formula is C16H12ClO4. The molecule has 0 aliphatic heterocycles. The fourth-order valence-corrected chi connectivity index (χ4v) is 2.01. The lowest BCUT2D eigenvalue weighted by Crippen LogP contribution is -2.19. The monoisotopic (exact) mass is 303 g/mol. The van der Waals surface area contributed by atoms with Crippen LogP contribution in [0, 0.1) is 0 Å². The second-order valence-electron chi connectivity index (χ2n) is 4.20. The molecule has 0 spiro atoms. The largest absolute Gasteiger partial charge is 0.458 e. The summed E-state index contributed by atoms with van der Waals surface area (Å²) in [4.78, 5) is 22.6. The number of esters is 1. The number of carbonyl (C=O) groups is 1. The van der Waals surface area contributed by atoms with Crippen molar-refractivity contribution in [3.05, 3.63) is 70.7 Å². The highest BCUT2D eigenvalue weighted by Crippen LogP contribution is 2.26. The van der Waals surface area contributed by atoms with Crippen molar-refractivity contribution in [2.75, 3.05) is 0 Å². The Hall–Kier alpha value is -2.33. The van der Waals surface area contributed by atoms with Crippen LogP contribution >= 0.6 is 11.6 Å². The maximum Gasteiger partial charge on any atom is 0.418 e. The molecule has 1 unspecified atom stereocenters. The van der Waals surface area contributed by atoms with Crippen LogP contribution in [0.15, 0.2) is 54.6 Å². The number of rotatable bonds is 6. The molecule has 2 aromatic rings. The molecule has 21 heavy (non-hydrogen) atoms. The molecule has 0 heterocycles. The molecule has 2 rings (SSSR count). The first-order chi connectivity index (χ1) is 10.2. The zero-order chi connectivity index (χ0) is 15.1. The van der Waals surface area contributed by atoms with Gasteiger partial charge in [-0.2, -0.15) is 0 Å². The van der Waals surface area contributed by atoms with E-state index in [1.807, 2.05) is 30.3 Å². The zero-order valence-corrected chi connectivity index (χ0v) is 11.7. The third-order valence-corrected chi connectivity index (χ3v) is 3.14. The third kappa shape index (κ3) is 4.07. The fraction of sp³-hybridized carbons (Fsp3) is 0.125. The molecule has 0 saturated heterocycles. The van der Waals surface area contributed by atoms with Gasteiger partial charge in [0.15, 0.2) is 0 Å². The fourth-order valence-electron chi connectivity index (χ4n) is 1.78. The average Bonchev–Trinajstić information content (AvgIpc) is 2.52. The summed E-state index contributed by atoms with van der Waals surface area (Å²) in [6.45, 7) is 1.35. The number of benzene rings is 2. The van der Waals surface area contributed by atoms with Gasteiger partial charge in [0.05, 0.1) is 0 Å². The van der Waals surface area contributed by atoms with Crippen molar-refractivity contribution in [1.29, 1.82) is 0 Å². The van der Waals surface area contributed by atoms with E-state index in [4.69, 9.17) is 21.1 Å². The lowest BCUT2D eigenvalue weighted by molar-refractivity contribution is -0.154. The van der Waals surface area contributed by atoms with Crippen LogP contribution in [0.3, 0.4) is 0 Å². The van der Waals surface area contributed by atoms with Gasteiger partial charge in [0.2, 0.25) is 6.10 Å². The molecule has 0 saturated carbocycles. The maximum absolute atomic E-state index is 12.1. The Bertz CT molecular complexity index is 613. The normalized spacial score (nSPS) is 11.5. The van der Waals surface area contributed by atoms with E-state index >= 15 is 0 Å². The van der Waals surface area contributed by atoms with Crippen LogP contribution in [-0.2, 0) is 25.7 Å². The summed E-state index contributed by atoms with van der Waals surface area (Å²) in [7, 11) is 0. The Labute approximate surface area is 127 Å². The van der Waals surface area contributed by atoms with E-state index in [1.165, 1.54) is 6.47 Å². The number of halogens is 1. The molecule has 0 bridgehead atoms. The number of hydrogen-bond acceptors (Lipinski definition) is 4. The van der Waals surface area contributed by atoms with Gasteiger partial charge in [-0.05, 0) is 11.6 Å². The van der Waals surface area contributed by atoms with E-state index < -0.39 is 12.1 Å². The van der Waals surface area contributed by atoms with E-state index in [1.54, 1.807) is 24.3 Å². The lowest BCUT2D eigenvalue weighted by Gasteiger charge is -2.15. The summed E-state index contributed by atoms with van der Waals surface area (Å²) in [5, 5.41) is 0.314. The molecule has 0 fully saturated rings. The number of hydrogen-bond donors (Lipinski definition) is 0. The molecule has 0 aromatic heterocycles. The Morgan fingerprint density at radius 3 is 2.43 bits per heavy atom. The summed E-state index contributed by atoms with van der Waals surface area (Å²) >= 11 is 6.00. The highest BCUT2D eigenvalue weighted by molar-refractivity contribution is 6.31. The van der Waals surface area contributed by atoms with E-state index in [0.717, 1.165) is 5.56 Å². The van der Waals surface area contributed by atoms with Crippen LogP contribution in [-0.4, -0.2) is 12.4 Å². The zero-order valence-electron chi connectivity index (χ0n) is 11.0. The van der Waals surface area contributed by atoms with Gasteiger partial charge in [0.1, 0.15) is 6.61 Å². The molecule has 1 atom stereocenters. The van der Waals surface area contributed by atoms with Gasteiger partial charge < -0.3 is 9.47 Å². The third-order valence-electron chi connectivity index (χ3n) is 2.79. The van der Waals surface area contributed by atoms with Gasteiger partial charge in [-0.15, -0.1) is 0 Å². The van der Waals surface area contributed by atoms with Gasteiger partial charge in [0, 0.05) is 10.6 Å². The molecule has 107 valence electrons. The minimum absolute atomic E-state index is 0.0862. The summed E-state index contributed by atoms with van der Waals surface area (Å²) in [5.74, 6) is -0.699. The van der Waals surface area contributed by atoms with Crippen molar-refractivity contribution in [1.82, 2.24) is 0 Å². The molecule has 4 nitrogen and oxygen atoms in total. The van der Waals surface area contributed by atoms with Crippen LogP contribution in [0.25, 0.3) is 0 Å². The molecule has 5 heteroatoms. The van der Waals surface area contributed by atoms with Gasteiger partial charge in [-0.25, -0.2) is 9.59 Å². The molecule has 1 radical (unpaired) electrons. The van der Waals surface area contributed by atoms with Crippen molar-refractivity contribution in [3.63, 3.8) is 0 Å². The summed E-state index contributed by atoms with van der Waals surface area (Å²) < 4.78 is 9.85. The highest BCUT2D eigenvalue weighted by atomic mass is 35.5. The van der Waals surface area contributed by atoms with Crippen molar-refractivity contribution < 1.29 is 19.1 Å². The van der Waals surface area contributed by atoms with Gasteiger partial charge in [-0.1, -0.05) is 60.1 Å². The van der Waals surface area contributed by atoms with Crippen molar-refractivity contribution >= 4 is 24.0 Å². The van der Waals surface area contributed by atoms with Crippen LogP contribution < -0.4 is 0 Å². The molecule has 0 aliphatic rings. The first-order valence-electron chi connectivity index (χ1n) is 6.20. The molecule has 0 amide bonds. The molecule has 0 N–H and O–H groups in total. The molecule has 0 aliphatic carbocycles. The SMILES string of the molecule is O=[C]OC(C(=O)OCc1ccccc1)c1ccccc1Cl. The maximum atomic E-state index is 12.1. The summed E-state index contributed by atoms with van der Waals surface area (Å²) in [6.07, 6.45) is -1.22. The van der Waals surface area contributed by atoms with E-state index in [9.17, 15) is 9.59 Å². The van der Waals surface area contributed by atoms with Crippen molar-refractivity contribution in [3.8, 4) is 0 Å². The predicted molar refractivity (Wildman–Crippen MR) is 77.2 cm³/mol. The Morgan fingerprint density at radius 2 is 1.76 bits per heavy atom. The van der Waals surface area contributed by atoms with Gasteiger partial charge in [-0.3, -0.25) is 0 Å². The molecule has 2 aromatic carbocycles. The topological polar surface area (TPSA) is 52.6 Å². The standard InChI is InChI=1S/C16H12ClO4/c17-14-9-5-4-8-13(14)15(21-11-18)16(19)20-10-12-6-2-1-3-7-12/h1-9,15H,10H2. The van der Waals surface area contributed by atoms with Crippen LogP contribution in [0.1, 0.15) is 17.2 Å². The first-order valence-corrected chi connectivity index (χ1v) is 6.58. The van der Waals surface area contributed by atoms with Crippen LogP contribution in [0.5, 0.6) is 0 Å². The quantitative estimate of drug-likeness (QED) is 0.769. The van der Waals surface area contributed by atoms with E-state index in [0.29, 0.717) is 10.6 Å². The first kappa shape index (κ1) is 15.1. The van der Waals surface area contributed by atoms with Crippen molar-refractivity contribution in [2.24, 2.45) is 0 Å². The Morgan fingerprint density at radius 1 is 1.10 bits per heavy atom. The summed E-state index contributed by atoms with van der Waals surface area (Å²) in [5.41, 5.74) is 1.19. The second-order valence-corrected chi connectivity index (χ2v) is 4.60. The Kier molecular flexibility index (Phi) is 5.35. The number of ether oxygens (including phenoxy) is 2. The number of carbonyl (C=O) groups excluding carboxylic acids is 2.